The first-order chi connectivity index (χ1) is 9.27. The summed E-state index contributed by atoms with van der Waals surface area (Å²) in [5.41, 5.74) is 7.55. The molecule has 0 atom stereocenters. The number of unbranched alkanes of at least 4 members (excludes halogenated alkanes) is 4. The molecular weight excluding hydrogens is 234 g/mol. The Labute approximate surface area is 117 Å². The average molecular weight is 259 g/mol. The second kappa shape index (κ2) is 9.47. The molecule has 0 saturated carbocycles. The molecule has 0 aliphatic heterocycles. The van der Waals surface area contributed by atoms with E-state index in [-0.39, 0.29) is 0 Å². The van der Waals surface area contributed by atoms with E-state index in [0.717, 1.165) is 29.9 Å². The summed E-state index contributed by atoms with van der Waals surface area (Å²) in [6.07, 6.45) is 6.31. The molecule has 0 amide bonds. The third-order valence-corrected chi connectivity index (χ3v) is 3.04. The monoisotopic (exact) mass is 259 g/mol. The van der Waals surface area contributed by atoms with E-state index in [9.17, 15) is 0 Å². The molecule has 1 rings (SSSR count). The Kier molecular flexibility index (Phi) is 7.77. The Morgan fingerprint density at radius 3 is 2.63 bits per heavy atom. The molecule has 0 aromatic heterocycles. The maximum absolute atomic E-state index is 5.75. The normalized spacial score (nSPS) is 9.84. The largest absolute Gasteiger partial charge is 0.494 e. The lowest BCUT2D eigenvalue weighted by atomic mass is 10.1. The Morgan fingerprint density at radius 1 is 1.16 bits per heavy atom. The SMILES string of the molecule is CCCCCCCOc1ccc(C#CCN)c(C)c1. The van der Waals surface area contributed by atoms with Gasteiger partial charge in [0.1, 0.15) is 5.75 Å². The second-order valence-electron chi connectivity index (χ2n) is 4.75. The van der Waals surface area contributed by atoms with Crippen molar-refractivity contribution in [1.82, 2.24) is 0 Å². The lowest BCUT2D eigenvalue weighted by molar-refractivity contribution is 0.304. The van der Waals surface area contributed by atoms with Crippen molar-refractivity contribution in [3.63, 3.8) is 0 Å². The number of nitrogens with two attached hydrogens (primary N) is 1. The van der Waals surface area contributed by atoms with E-state index >= 15 is 0 Å². The smallest absolute Gasteiger partial charge is 0.119 e. The van der Waals surface area contributed by atoms with Crippen LogP contribution in [0.15, 0.2) is 18.2 Å². The highest BCUT2D eigenvalue weighted by molar-refractivity contribution is 5.44. The van der Waals surface area contributed by atoms with Crippen LogP contribution in [0.2, 0.25) is 0 Å². The predicted octanol–water partition coefficient (Wildman–Crippen LogP) is 3.65. The molecule has 19 heavy (non-hydrogen) atoms. The van der Waals surface area contributed by atoms with Gasteiger partial charge in [-0.2, -0.15) is 0 Å². The molecule has 0 heterocycles. The summed E-state index contributed by atoms with van der Waals surface area (Å²) in [7, 11) is 0. The van der Waals surface area contributed by atoms with E-state index in [4.69, 9.17) is 10.5 Å². The van der Waals surface area contributed by atoms with Crippen molar-refractivity contribution in [3.05, 3.63) is 29.3 Å². The molecule has 0 radical (unpaired) electrons. The van der Waals surface area contributed by atoms with Gasteiger partial charge in [-0.1, -0.05) is 44.4 Å². The fourth-order valence-corrected chi connectivity index (χ4v) is 1.91. The third kappa shape index (κ3) is 6.31. The van der Waals surface area contributed by atoms with Gasteiger partial charge >= 0.3 is 0 Å². The Hall–Kier alpha value is -1.46. The molecule has 0 fully saturated rings. The zero-order chi connectivity index (χ0) is 13.9. The van der Waals surface area contributed by atoms with Gasteiger partial charge < -0.3 is 10.5 Å². The molecule has 0 spiro atoms. The molecule has 1 aromatic rings. The van der Waals surface area contributed by atoms with E-state index in [2.05, 4.69) is 25.7 Å². The van der Waals surface area contributed by atoms with Crippen molar-refractivity contribution < 1.29 is 4.74 Å². The van der Waals surface area contributed by atoms with Crippen LogP contribution in [0, 0.1) is 18.8 Å². The second-order valence-corrected chi connectivity index (χ2v) is 4.75. The summed E-state index contributed by atoms with van der Waals surface area (Å²) >= 11 is 0. The third-order valence-electron chi connectivity index (χ3n) is 3.04. The zero-order valence-electron chi connectivity index (χ0n) is 12.2. The minimum Gasteiger partial charge on any atom is -0.494 e. The van der Waals surface area contributed by atoms with E-state index in [1.807, 2.05) is 18.2 Å². The van der Waals surface area contributed by atoms with Crippen molar-refractivity contribution in [3.8, 4) is 17.6 Å². The molecular formula is C17H25NO. The minimum atomic E-state index is 0.398. The van der Waals surface area contributed by atoms with Gasteiger partial charge in [0.05, 0.1) is 13.2 Å². The van der Waals surface area contributed by atoms with Crippen LogP contribution in [-0.4, -0.2) is 13.2 Å². The number of aryl methyl sites for hydroxylation is 1. The van der Waals surface area contributed by atoms with Gasteiger partial charge in [-0.05, 0) is 37.1 Å². The van der Waals surface area contributed by atoms with Crippen molar-refractivity contribution >= 4 is 0 Å². The van der Waals surface area contributed by atoms with Gasteiger partial charge in [0.15, 0.2) is 0 Å². The predicted molar refractivity (Wildman–Crippen MR) is 81.4 cm³/mol. The van der Waals surface area contributed by atoms with Crippen LogP contribution in [0.1, 0.15) is 50.2 Å². The number of hydrogen-bond donors (Lipinski definition) is 1. The number of hydrogen-bond acceptors (Lipinski definition) is 2. The fraction of sp³-hybridized carbons (Fsp3) is 0.529. The Balaban J connectivity index is 2.37. The van der Waals surface area contributed by atoms with Crippen LogP contribution < -0.4 is 10.5 Å². The highest BCUT2D eigenvalue weighted by atomic mass is 16.5. The summed E-state index contributed by atoms with van der Waals surface area (Å²) in [4.78, 5) is 0. The van der Waals surface area contributed by atoms with Gasteiger partial charge in [-0.25, -0.2) is 0 Å². The lowest BCUT2D eigenvalue weighted by Crippen LogP contribution is -1.98. The van der Waals surface area contributed by atoms with Gasteiger partial charge in [-0.15, -0.1) is 0 Å². The first-order valence-electron chi connectivity index (χ1n) is 7.20. The molecule has 0 saturated heterocycles. The van der Waals surface area contributed by atoms with E-state index in [1.54, 1.807) is 0 Å². The van der Waals surface area contributed by atoms with Crippen molar-refractivity contribution in [1.29, 1.82) is 0 Å². The van der Waals surface area contributed by atoms with Crippen molar-refractivity contribution in [2.24, 2.45) is 5.73 Å². The summed E-state index contributed by atoms with van der Waals surface area (Å²) in [6, 6.07) is 6.04. The highest BCUT2D eigenvalue weighted by Crippen LogP contribution is 2.17. The van der Waals surface area contributed by atoms with Crippen LogP contribution in [0.4, 0.5) is 0 Å². The quantitative estimate of drug-likeness (QED) is 0.599. The average Bonchev–Trinajstić information content (AvgIpc) is 2.42. The fourth-order valence-electron chi connectivity index (χ4n) is 1.91. The number of ether oxygens (including phenoxy) is 1. The Morgan fingerprint density at radius 2 is 1.95 bits per heavy atom. The molecule has 0 aliphatic rings. The van der Waals surface area contributed by atoms with Crippen LogP contribution in [-0.2, 0) is 0 Å². The van der Waals surface area contributed by atoms with E-state index in [1.165, 1.54) is 25.7 Å². The van der Waals surface area contributed by atoms with Crippen molar-refractivity contribution in [2.45, 2.75) is 46.0 Å². The molecule has 104 valence electrons. The van der Waals surface area contributed by atoms with Gasteiger partial charge in [0, 0.05) is 5.56 Å². The van der Waals surface area contributed by atoms with Gasteiger partial charge in [-0.3, -0.25) is 0 Å². The number of rotatable bonds is 7. The first kappa shape index (κ1) is 15.6. The van der Waals surface area contributed by atoms with Crippen LogP contribution in [0.5, 0.6) is 5.75 Å². The summed E-state index contributed by atoms with van der Waals surface area (Å²) in [5, 5.41) is 0. The van der Waals surface area contributed by atoms with Gasteiger partial charge in [0.2, 0.25) is 0 Å². The maximum Gasteiger partial charge on any atom is 0.119 e. The summed E-state index contributed by atoms with van der Waals surface area (Å²) < 4.78 is 5.75. The summed E-state index contributed by atoms with van der Waals surface area (Å²) in [6.45, 7) is 5.48. The van der Waals surface area contributed by atoms with Crippen LogP contribution >= 0.6 is 0 Å². The zero-order valence-corrected chi connectivity index (χ0v) is 12.2. The molecule has 2 nitrogen and oxygen atoms in total. The minimum absolute atomic E-state index is 0.398. The standard InChI is InChI=1S/C17H25NO/c1-3-4-5-6-7-13-19-17-11-10-16(9-8-12-18)15(2)14-17/h10-11,14H,3-7,12-13,18H2,1-2H3. The molecule has 0 bridgehead atoms. The summed E-state index contributed by atoms with van der Waals surface area (Å²) in [5.74, 6) is 6.87. The Bertz CT molecular complexity index is 429. The molecule has 1 aromatic carbocycles. The highest BCUT2D eigenvalue weighted by Gasteiger charge is 1.99. The molecule has 0 unspecified atom stereocenters. The van der Waals surface area contributed by atoms with Crippen LogP contribution in [0.25, 0.3) is 0 Å². The number of benzene rings is 1. The molecule has 0 aliphatic carbocycles. The first-order valence-corrected chi connectivity index (χ1v) is 7.20. The topological polar surface area (TPSA) is 35.2 Å². The van der Waals surface area contributed by atoms with Gasteiger partial charge in [0.25, 0.3) is 0 Å². The van der Waals surface area contributed by atoms with Crippen LogP contribution in [0.3, 0.4) is 0 Å². The lowest BCUT2D eigenvalue weighted by Gasteiger charge is -2.07. The molecule has 2 N–H and O–H groups in total. The molecule has 2 heteroatoms. The van der Waals surface area contributed by atoms with Crippen molar-refractivity contribution in [2.75, 3.05) is 13.2 Å². The van der Waals surface area contributed by atoms with E-state index in [0.29, 0.717) is 6.54 Å². The van der Waals surface area contributed by atoms with E-state index < -0.39 is 0 Å². The maximum atomic E-state index is 5.75.